The first-order valence-corrected chi connectivity index (χ1v) is 4.82. The van der Waals surface area contributed by atoms with Crippen LogP contribution in [0.3, 0.4) is 0 Å². The van der Waals surface area contributed by atoms with Crippen LogP contribution in [-0.2, 0) is 0 Å². The van der Waals surface area contributed by atoms with Crippen molar-refractivity contribution >= 4 is 0 Å². The third-order valence-electron chi connectivity index (χ3n) is 3.02. The molecule has 0 heterocycles. The van der Waals surface area contributed by atoms with Crippen LogP contribution in [0.5, 0.6) is 0 Å². The monoisotopic (exact) mass is 211 g/mol. The summed E-state index contributed by atoms with van der Waals surface area (Å²) in [5, 5.41) is 9.21. The normalized spacial score (nSPS) is 34.5. The molecule has 0 atom stereocenters. The van der Waals surface area contributed by atoms with Crippen LogP contribution in [0, 0.1) is 5.41 Å². The summed E-state index contributed by atoms with van der Waals surface area (Å²) in [5.74, 6) is 0. The summed E-state index contributed by atoms with van der Waals surface area (Å²) in [6, 6.07) is 0. The van der Waals surface area contributed by atoms with Crippen LogP contribution in [-0.4, -0.2) is 23.9 Å². The van der Waals surface area contributed by atoms with Crippen molar-refractivity contribution in [2.24, 2.45) is 11.1 Å². The van der Waals surface area contributed by atoms with E-state index in [-0.39, 0.29) is 6.54 Å². The number of aliphatic hydroxyl groups is 1. The summed E-state index contributed by atoms with van der Waals surface area (Å²) in [6.45, 7) is 0.0548. The Morgan fingerprint density at radius 3 is 2.14 bits per heavy atom. The molecule has 1 saturated carbocycles. The quantitative estimate of drug-likeness (QED) is 0.731. The van der Waals surface area contributed by atoms with E-state index in [4.69, 9.17) is 5.73 Å². The molecule has 0 radical (unpaired) electrons. The minimum absolute atomic E-state index is 0.0548. The highest BCUT2D eigenvalue weighted by Gasteiger charge is 2.43. The van der Waals surface area contributed by atoms with Gasteiger partial charge in [0, 0.05) is 0 Å². The Labute approximate surface area is 81.3 Å². The van der Waals surface area contributed by atoms with Crippen LogP contribution in [0.1, 0.15) is 32.1 Å². The summed E-state index contributed by atoms with van der Waals surface area (Å²) in [6.07, 6.45) is -3.78. The van der Waals surface area contributed by atoms with E-state index >= 15 is 0 Å². The molecule has 0 spiro atoms. The molecule has 0 bridgehead atoms. The van der Waals surface area contributed by atoms with E-state index in [1.165, 1.54) is 0 Å². The number of alkyl halides is 3. The lowest BCUT2D eigenvalue weighted by Gasteiger charge is -2.38. The average Bonchev–Trinajstić information content (AvgIpc) is 2.07. The van der Waals surface area contributed by atoms with Gasteiger partial charge in [0.15, 0.2) is 0 Å². The molecule has 0 unspecified atom stereocenters. The Bertz CT molecular complexity index is 185. The molecule has 0 aromatic rings. The third-order valence-corrected chi connectivity index (χ3v) is 3.02. The first-order chi connectivity index (χ1) is 6.37. The molecule has 14 heavy (non-hydrogen) atoms. The van der Waals surface area contributed by atoms with Crippen LogP contribution in [0.4, 0.5) is 13.2 Å². The maximum absolute atomic E-state index is 12.3. The molecular weight excluding hydrogens is 195 g/mol. The Hall–Kier alpha value is -0.290. The zero-order valence-electron chi connectivity index (χ0n) is 7.98. The molecule has 1 fully saturated rings. The number of nitrogens with two attached hydrogens (primary N) is 1. The number of aliphatic hydroxyl groups excluding tert-OH is 1. The van der Waals surface area contributed by atoms with Crippen molar-refractivity contribution in [2.45, 2.75) is 44.4 Å². The lowest BCUT2D eigenvalue weighted by atomic mass is 9.71. The number of hydrogen-bond donors (Lipinski definition) is 2. The van der Waals surface area contributed by atoms with Gasteiger partial charge in [-0.3, -0.25) is 0 Å². The van der Waals surface area contributed by atoms with Gasteiger partial charge in [0.05, 0.1) is 12.5 Å². The van der Waals surface area contributed by atoms with E-state index in [0.717, 1.165) is 0 Å². The number of rotatable bonds is 2. The maximum atomic E-state index is 12.3. The van der Waals surface area contributed by atoms with Gasteiger partial charge >= 0.3 is 6.18 Å². The van der Waals surface area contributed by atoms with Crippen LogP contribution in [0.15, 0.2) is 0 Å². The van der Waals surface area contributed by atoms with Crippen molar-refractivity contribution in [3.05, 3.63) is 0 Å². The molecule has 0 saturated heterocycles. The standard InChI is InChI=1S/C9H16F3NO/c10-9(11,12)5-8(6-13)3-1-7(14)2-4-8/h7,14H,1-6,13H2. The minimum atomic E-state index is -4.15. The van der Waals surface area contributed by atoms with Gasteiger partial charge in [-0.15, -0.1) is 0 Å². The first-order valence-electron chi connectivity index (χ1n) is 4.82. The first kappa shape index (κ1) is 11.8. The van der Waals surface area contributed by atoms with Gasteiger partial charge in [0.1, 0.15) is 0 Å². The molecule has 0 aromatic carbocycles. The largest absolute Gasteiger partial charge is 0.393 e. The van der Waals surface area contributed by atoms with Crippen LogP contribution < -0.4 is 5.73 Å². The van der Waals surface area contributed by atoms with Crippen molar-refractivity contribution in [3.8, 4) is 0 Å². The summed E-state index contributed by atoms with van der Waals surface area (Å²) in [5.41, 5.74) is 4.59. The van der Waals surface area contributed by atoms with Crippen molar-refractivity contribution in [3.63, 3.8) is 0 Å². The van der Waals surface area contributed by atoms with Crippen molar-refractivity contribution in [1.82, 2.24) is 0 Å². The van der Waals surface area contributed by atoms with Gasteiger partial charge < -0.3 is 10.8 Å². The van der Waals surface area contributed by atoms with Crippen molar-refractivity contribution in [1.29, 1.82) is 0 Å². The topological polar surface area (TPSA) is 46.2 Å². The molecule has 1 rings (SSSR count). The Kier molecular flexibility index (Phi) is 3.42. The van der Waals surface area contributed by atoms with Crippen LogP contribution in [0.2, 0.25) is 0 Å². The zero-order chi connectivity index (χ0) is 10.8. The maximum Gasteiger partial charge on any atom is 0.389 e. The number of halogens is 3. The van der Waals surface area contributed by atoms with Crippen molar-refractivity contribution in [2.75, 3.05) is 6.54 Å². The Balaban J connectivity index is 2.59. The second-order valence-electron chi connectivity index (χ2n) is 4.23. The Morgan fingerprint density at radius 1 is 1.29 bits per heavy atom. The van der Waals surface area contributed by atoms with Crippen molar-refractivity contribution < 1.29 is 18.3 Å². The minimum Gasteiger partial charge on any atom is -0.393 e. The SMILES string of the molecule is NCC1(CC(F)(F)F)CCC(O)CC1. The number of hydrogen-bond acceptors (Lipinski definition) is 2. The summed E-state index contributed by atoms with van der Waals surface area (Å²) >= 11 is 0. The van der Waals surface area contributed by atoms with E-state index in [9.17, 15) is 18.3 Å². The summed E-state index contributed by atoms with van der Waals surface area (Å²) in [4.78, 5) is 0. The molecule has 5 heteroatoms. The van der Waals surface area contributed by atoms with Gasteiger partial charge in [-0.25, -0.2) is 0 Å². The molecular formula is C9H16F3NO. The molecule has 0 amide bonds. The fourth-order valence-corrected chi connectivity index (χ4v) is 2.09. The fraction of sp³-hybridized carbons (Fsp3) is 1.00. The molecule has 3 N–H and O–H groups in total. The predicted octanol–water partition coefficient (Wildman–Crippen LogP) is 1.82. The molecule has 2 nitrogen and oxygen atoms in total. The van der Waals surface area contributed by atoms with Gasteiger partial charge in [-0.2, -0.15) is 13.2 Å². The summed E-state index contributed by atoms with van der Waals surface area (Å²) in [7, 11) is 0. The van der Waals surface area contributed by atoms with Gasteiger partial charge in [0.25, 0.3) is 0 Å². The highest BCUT2D eigenvalue weighted by Crippen LogP contribution is 2.43. The van der Waals surface area contributed by atoms with Gasteiger partial charge in [0.2, 0.25) is 0 Å². The highest BCUT2D eigenvalue weighted by molar-refractivity contribution is 4.88. The van der Waals surface area contributed by atoms with Crippen LogP contribution in [0.25, 0.3) is 0 Å². The smallest absolute Gasteiger partial charge is 0.389 e. The Morgan fingerprint density at radius 2 is 1.79 bits per heavy atom. The zero-order valence-corrected chi connectivity index (χ0v) is 7.98. The van der Waals surface area contributed by atoms with E-state index in [1.807, 2.05) is 0 Å². The highest BCUT2D eigenvalue weighted by atomic mass is 19.4. The molecule has 84 valence electrons. The average molecular weight is 211 g/mol. The van der Waals surface area contributed by atoms with E-state index in [1.54, 1.807) is 0 Å². The molecule has 1 aliphatic rings. The molecule has 0 aromatic heterocycles. The lowest BCUT2D eigenvalue weighted by molar-refractivity contribution is -0.164. The van der Waals surface area contributed by atoms with E-state index < -0.39 is 24.1 Å². The predicted molar refractivity (Wildman–Crippen MR) is 46.6 cm³/mol. The molecule has 0 aliphatic heterocycles. The lowest BCUT2D eigenvalue weighted by Crippen LogP contribution is -2.39. The second kappa shape index (κ2) is 4.06. The van der Waals surface area contributed by atoms with Gasteiger partial charge in [-0.1, -0.05) is 0 Å². The third kappa shape index (κ3) is 3.13. The van der Waals surface area contributed by atoms with E-state index in [2.05, 4.69) is 0 Å². The van der Waals surface area contributed by atoms with Crippen LogP contribution >= 0.6 is 0 Å². The van der Waals surface area contributed by atoms with E-state index in [0.29, 0.717) is 25.7 Å². The second-order valence-corrected chi connectivity index (χ2v) is 4.23. The fourth-order valence-electron chi connectivity index (χ4n) is 2.09. The summed E-state index contributed by atoms with van der Waals surface area (Å²) < 4.78 is 36.8. The molecule has 1 aliphatic carbocycles. The van der Waals surface area contributed by atoms with Gasteiger partial charge in [-0.05, 0) is 37.6 Å².